The normalized spacial score (nSPS) is 29.4. The van der Waals surface area contributed by atoms with Crippen LogP contribution in [0, 0.1) is 6.92 Å². The second kappa shape index (κ2) is 6.48. The van der Waals surface area contributed by atoms with Gasteiger partial charge < -0.3 is 24.9 Å². The average molecular weight is 391 g/mol. The molecule has 1 fully saturated rings. The number of hydrogen-bond acceptors (Lipinski definition) is 8. The Morgan fingerprint density at radius 1 is 1.50 bits per heavy atom. The SMILES string of the molecule is CNc1nc(C)nc2c1ncn2[C@@H]1O[C@H](COP(=O)(O)O)[C@@H](O)[C@@]1(C)F. The van der Waals surface area contributed by atoms with Crippen molar-refractivity contribution in [3.05, 3.63) is 12.2 Å². The van der Waals surface area contributed by atoms with Crippen LogP contribution < -0.4 is 5.32 Å². The van der Waals surface area contributed by atoms with Crippen LogP contribution in [0.1, 0.15) is 19.0 Å². The summed E-state index contributed by atoms with van der Waals surface area (Å²) in [6.45, 7) is 2.11. The molecular weight excluding hydrogens is 372 g/mol. The van der Waals surface area contributed by atoms with E-state index in [1.165, 1.54) is 10.9 Å². The van der Waals surface area contributed by atoms with E-state index in [0.717, 1.165) is 6.92 Å². The number of nitrogens with zero attached hydrogens (tertiary/aromatic N) is 4. The third-order valence-electron chi connectivity index (χ3n) is 4.15. The fourth-order valence-electron chi connectivity index (χ4n) is 2.89. The molecule has 0 aromatic carbocycles. The summed E-state index contributed by atoms with van der Waals surface area (Å²) in [7, 11) is -3.13. The summed E-state index contributed by atoms with van der Waals surface area (Å²) >= 11 is 0. The molecule has 0 amide bonds. The standard InChI is InChI=1S/C13H19FN5O6P/c1-6-17-10(15-3)8-11(18-6)19(5-16-8)12-13(2,14)9(20)7(25-12)4-24-26(21,22)23/h5,7,9,12,20H,4H2,1-3H3,(H,15,17,18)(H2,21,22,23)/t7-,9-,12-,13-/m1/s1. The van der Waals surface area contributed by atoms with Crippen LogP contribution in [-0.4, -0.2) is 65.9 Å². The first-order chi connectivity index (χ1) is 12.0. The number of rotatable bonds is 5. The number of aromatic nitrogens is 4. The Morgan fingerprint density at radius 3 is 2.81 bits per heavy atom. The Bertz CT molecular complexity index is 870. The summed E-state index contributed by atoms with van der Waals surface area (Å²) in [6.07, 6.45) is -2.98. The smallest absolute Gasteiger partial charge is 0.387 e. The summed E-state index contributed by atoms with van der Waals surface area (Å²) in [4.78, 5) is 30.2. The number of imidazole rings is 1. The summed E-state index contributed by atoms with van der Waals surface area (Å²) < 4.78 is 37.2. The van der Waals surface area contributed by atoms with Gasteiger partial charge in [-0.2, -0.15) is 0 Å². The Labute approximate surface area is 147 Å². The number of phosphoric ester groups is 1. The van der Waals surface area contributed by atoms with Gasteiger partial charge in [-0.05, 0) is 13.8 Å². The number of anilines is 1. The molecule has 3 heterocycles. The van der Waals surface area contributed by atoms with Gasteiger partial charge >= 0.3 is 7.82 Å². The summed E-state index contributed by atoms with van der Waals surface area (Å²) in [6, 6.07) is 0. The predicted molar refractivity (Wildman–Crippen MR) is 87.0 cm³/mol. The van der Waals surface area contributed by atoms with Crippen LogP contribution in [-0.2, 0) is 13.8 Å². The molecule has 0 bridgehead atoms. The molecule has 0 radical (unpaired) electrons. The third kappa shape index (κ3) is 3.31. The lowest BCUT2D eigenvalue weighted by Crippen LogP contribution is -2.40. The van der Waals surface area contributed by atoms with Crippen molar-refractivity contribution in [3.8, 4) is 0 Å². The number of aliphatic hydroxyl groups excluding tert-OH is 1. The van der Waals surface area contributed by atoms with Crippen LogP contribution in [0.2, 0.25) is 0 Å². The van der Waals surface area contributed by atoms with E-state index in [0.29, 0.717) is 22.8 Å². The third-order valence-corrected chi connectivity index (χ3v) is 4.63. The highest BCUT2D eigenvalue weighted by Crippen LogP contribution is 2.44. The maximum atomic E-state index is 15.2. The van der Waals surface area contributed by atoms with Gasteiger partial charge in [0.15, 0.2) is 28.9 Å². The molecule has 13 heteroatoms. The van der Waals surface area contributed by atoms with Gasteiger partial charge in [-0.1, -0.05) is 0 Å². The van der Waals surface area contributed by atoms with Gasteiger partial charge in [0.1, 0.15) is 18.0 Å². The second-order valence-electron chi connectivity index (χ2n) is 6.10. The van der Waals surface area contributed by atoms with E-state index in [-0.39, 0.29) is 0 Å². The summed E-state index contributed by atoms with van der Waals surface area (Å²) in [5.74, 6) is 0.871. The van der Waals surface area contributed by atoms with Crippen LogP contribution >= 0.6 is 7.82 Å². The minimum Gasteiger partial charge on any atom is -0.387 e. The molecule has 1 saturated heterocycles. The lowest BCUT2D eigenvalue weighted by Gasteiger charge is -2.24. The maximum absolute atomic E-state index is 15.2. The monoisotopic (exact) mass is 391 g/mol. The molecule has 0 unspecified atom stereocenters. The van der Waals surface area contributed by atoms with Gasteiger partial charge in [0.2, 0.25) is 0 Å². The highest BCUT2D eigenvalue weighted by atomic mass is 31.2. The maximum Gasteiger partial charge on any atom is 0.469 e. The van der Waals surface area contributed by atoms with E-state index in [1.807, 2.05) is 0 Å². The number of fused-ring (bicyclic) bond motifs is 1. The van der Waals surface area contributed by atoms with E-state index in [1.54, 1.807) is 14.0 Å². The number of alkyl halides is 1. The molecule has 26 heavy (non-hydrogen) atoms. The Hall–Kier alpha value is -1.69. The number of aryl methyl sites for hydroxylation is 1. The number of phosphoric acid groups is 1. The molecule has 2 aromatic heterocycles. The summed E-state index contributed by atoms with van der Waals surface area (Å²) in [5.41, 5.74) is -1.60. The van der Waals surface area contributed by atoms with E-state index >= 15 is 4.39 Å². The molecule has 144 valence electrons. The fraction of sp³-hybridized carbons (Fsp3) is 0.615. The molecule has 4 atom stereocenters. The zero-order valence-electron chi connectivity index (χ0n) is 14.2. The van der Waals surface area contributed by atoms with Crippen molar-refractivity contribution in [2.24, 2.45) is 0 Å². The topological polar surface area (TPSA) is 152 Å². The van der Waals surface area contributed by atoms with Crippen LogP contribution in [0.4, 0.5) is 10.2 Å². The first kappa shape index (κ1) is 19.1. The number of nitrogens with one attached hydrogen (secondary N) is 1. The van der Waals surface area contributed by atoms with Crippen LogP contribution in [0.5, 0.6) is 0 Å². The van der Waals surface area contributed by atoms with E-state index in [9.17, 15) is 9.67 Å². The van der Waals surface area contributed by atoms with Gasteiger partial charge in [0.05, 0.1) is 12.9 Å². The zero-order valence-corrected chi connectivity index (χ0v) is 15.1. The number of ether oxygens (including phenoxy) is 1. The molecule has 4 N–H and O–H groups in total. The molecular formula is C13H19FN5O6P. The second-order valence-corrected chi connectivity index (χ2v) is 7.34. The summed E-state index contributed by atoms with van der Waals surface area (Å²) in [5, 5.41) is 13.1. The number of aliphatic hydroxyl groups is 1. The van der Waals surface area contributed by atoms with Crippen molar-refractivity contribution in [1.29, 1.82) is 0 Å². The van der Waals surface area contributed by atoms with Crippen molar-refractivity contribution >= 4 is 24.8 Å². The molecule has 0 spiro atoms. The fourth-order valence-corrected chi connectivity index (χ4v) is 3.23. The van der Waals surface area contributed by atoms with Crippen LogP contribution in [0.3, 0.4) is 0 Å². The minimum absolute atomic E-state index is 0.291. The molecule has 2 aromatic rings. The van der Waals surface area contributed by atoms with Crippen LogP contribution in [0.15, 0.2) is 6.33 Å². The first-order valence-corrected chi connectivity index (χ1v) is 9.19. The van der Waals surface area contributed by atoms with E-state index < -0.39 is 38.5 Å². The van der Waals surface area contributed by atoms with Crippen molar-refractivity contribution in [3.63, 3.8) is 0 Å². The predicted octanol–water partition coefficient (Wildman–Crippen LogP) is 0.272. The molecule has 1 aliphatic rings. The van der Waals surface area contributed by atoms with Gasteiger partial charge in [0, 0.05) is 7.05 Å². The molecule has 0 aliphatic carbocycles. The van der Waals surface area contributed by atoms with Gasteiger partial charge in [-0.3, -0.25) is 9.09 Å². The van der Waals surface area contributed by atoms with E-state index in [2.05, 4.69) is 24.8 Å². The lowest BCUT2D eigenvalue weighted by atomic mass is 9.98. The van der Waals surface area contributed by atoms with Crippen LogP contribution in [0.25, 0.3) is 11.2 Å². The highest BCUT2D eigenvalue weighted by molar-refractivity contribution is 7.46. The number of halogens is 1. The highest BCUT2D eigenvalue weighted by Gasteiger charge is 2.55. The largest absolute Gasteiger partial charge is 0.469 e. The van der Waals surface area contributed by atoms with Gasteiger partial charge in [0.25, 0.3) is 0 Å². The van der Waals surface area contributed by atoms with E-state index in [4.69, 9.17) is 14.5 Å². The Morgan fingerprint density at radius 2 is 2.19 bits per heavy atom. The molecule has 3 rings (SSSR count). The lowest BCUT2D eigenvalue weighted by molar-refractivity contribution is -0.0560. The van der Waals surface area contributed by atoms with Gasteiger partial charge in [-0.25, -0.2) is 23.9 Å². The first-order valence-electron chi connectivity index (χ1n) is 7.66. The zero-order chi connectivity index (χ0) is 19.3. The Kier molecular flexibility index (Phi) is 4.76. The molecule has 11 nitrogen and oxygen atoms in total. The van der Waals surface area contributed by atoms with Crippen molar-refractivity contribution in [1.82, 2.24) is 19.5 Å². The van der Waals surface area contributed by atoms with Crippen molar-refractivity contribution < 1.29 is 33.1 Å². The van der Waals surface area contributed by atoms with Crippen molar-refractivity contribution in [2.45, 2.75) is 38.0 Å². The molecule has 0 saturated carbocycles. The quantitative estimate of drug-likeness (QED) is 0.523. The number of hydrogen-bond donors (Lipinski definition) is 4. The van der Waals surface area contributed by atoms with Gasteiger partial charge in [-0.15, -0.1) is 0 Å². The average Bonchev–Trinajstić information content (AvgIpc) is 3.04. The minimum atomic E-state index is -4.78. The van der Waals surface area contributed by atoms with Crippen molar-refractivity contribution in [2.75, 3.05) is 19.0 Å². The Balaban J connectivity index is 1.97. The molecule has 1 aliphatic heterocycles.